The Morgan fingerprint density at radius 1 is 1.33 bits per heavy atom. The molecule has 1 aliphatic heterocycles. The molecule has 1 aliphatic rings. The Balaban J connectivity index is 2.02. The Labute approximate surface area is 81.5 Å². The minimum Gasteiger partial charge on any atom is -0.299 e. The molecule has 0 saturated carbocycles. The van der Waals surface area contributed by atoms with Gasteiger partial charge in [-0.2, -0.15) is 0 Å². The highest BCUT2D eigenvalue weighted by atomic mass is 79.9. The lowest BCUT2D eigenvalue weighted by atomic mass is 10.1. The van der Waals surface area contributed by atoms with Crippen molar-refractivity contribution in [2.24, 2.45) is 0 Å². The lowest BCUT2D eigenvalue weighted by Crippen LogP contribution is -2.36. The second-order valence-corrected chi connectivity index (χ2v) is 4.18. The molecule has 64 valence electrons. The van der Waals surface area contributed by atoms with E-state index in [-0.39, 0.29) is 0 Å². The van der Waals surface area contributed by atoms with Crippen molar-refractivity contribution in [1.29, 1.82) is 0 Å². The SMILES string of the molecule is Brc1cccc(CN2CCC2)c1. The van der Waals surface area contributed by atoms with E-state index in [0.717, 1.165) is 6.54 Å². The molecule has 1 aromatic rings. The average molecular weight is 226 g/mol. The Kier molecular flexibility index (Phi) is 2.47. The standard InChI is InChI=1S/C10H12BrN/c11-10-4-1-3-9(7-10)8-12-5-2-6-12/h1,3-4,7H,2,5-6,8H2. The zero-order valence-electron chi connectivity index (χ0n) is 6.96. The largest absolute Gasteiger partial charge is 0.299 e. The molecular weight excluding hydrogens is 214 g/mol. The molecule has 1 saturated heterocycles. The van der Waals surface area contributed by atoms with Crippen LogP contribution in [-0.2, 0) is 6.54 Å². The van der Waals surface area contributed by atoms with Crippen LogP contribution in [0.4, 0.5) is 0 Å². The van der Waals surface area contributed by atoms with Gasteiger partial charge in [0.2, 0.25) is 0 Å². The topological polar surface area (TPSA) is 3.24 Å². The third-order valence-corrected chi connectivity index (χ3v) is 2.74. The second kappa shape index (κ2) is 3.58. The minimum atomic E-state index is 1.11. The van der Waals surface area contributed by atoms with Crippen LogP contribution in [0.25, 0.3) is 0 Å². The van der Waals surface area contributed by atoms with Crippen LogP contribution in [-0.4, -0.2) is 18.0 Å². The fourth-order valence-electron chi connectivity index (χ4n) is 1.43. The molecule has 12 heavy (non-hydrogen) atoms. The summed E-state index contributed by atoms with van der Waals surface area (Å²) < 4.78 is 1.18. The van der Waals surface area contributed by atoms with Crippen molar-refractivity contribution < 1.29 is 0 Å². The molecule has 2 rings (SSSR count). The summed E-state index contributed by atoms with van der Waals surface area (Å²) in [5.41, 5.74) is 1.41. The molecule has 1 heterocycles. The molecule has 0 N–H and O–H groups in total. The van der Waals surface area contributed by atoms with E-state index in [1.54, 1.807) is 0 Å². The van der Waals surface area contributed by atoms with Crippen LogP contribution in [0.1, 0.15) is 12.0 Å². The molecule has 1 aromatic carbocycles. The number of hydrogen-bond donors (Lipinski definition) is 0. The van der Waals surface area contributed by atoms with Crippen molar-refractivity contribution in [3.63, 3.8) is 0 Å². The number of rotatable bonds is 2. The maximum absolute atomic E-state index is 3.47. The van der Waals surface area contributed by atoms with Crippen LogP contribution in [0, 0.1) is 0 Å². The van der Waals surface area contributed by atoms with Gasteiger partial charge in [-0.3, -0.25) is 4.90 Å². The molecule has 0 bridgehead atoms. The van der Waals surface area contributed by atoms with Gasteiger partial charge < -0.3 is 0 Å². The molecule has 2 heteroatoms. The summed E-state index contributed by atoms with van der Waals surface area (Å²) in [6, 6.07) is 8.54. The molecule has 0 aliphatic carbocycles. The minimum absolute atomic E-state index is 1.11. The lowest BCUT2D eigenvalue weighted by molar-refractivity contribution is 0.172. The first-order valence-electron chi connectivity index (χ1n) is 4.31. The number of nitrogens with zero attached hydrogens (tertiary/aromatic N) is 1. The van der Waals surface area contributed by atoms with Crippen molar-refractivity contribution >= 4 is 15.9 Å². The van der Waals surface area contributed by atoms with E-state index in [1.165, 1.54) is 29.5 Å². The van der Waals surface area contributed by atoms with Crippen LogP contribution in [0.15, 0.2) is 28.7 Å². The normalized spacial score (nSPS) is 17.4. The molecule has 0 aromatic heterocycles. The quantitative estimate of drug-likeness (QED) is 0.749. The molecule has 0 atom stereocenters. The first kappa shape index (κ1) is 8.27. The summed E-state index contributed by atoms with van der Waals surface area (Å²) in [6.07, 6.45) is 1.37. The van der Waals surface area contributed by atoms with E-state index >= 15 is 0 Å². The first-order valence-corrected chi connectivity index (χ1v) is 5.11. The highest BCUT2D eigenvalue weighted by Crippen LogP contribution is 2.16. The molecule has 0 unspecified atom stereocenters. The zero-order chi connectivity index (χ0) is 8.39. The smallest absolute Gasteiger partial charge is 0.0234 e. The van der Waals surface area contributed by atoms with Gasteiger partial charge in [-0.25, -0.2) is 0 Å². The predicted molar refractivity (Wildman–Crippen MR) is 54.0 cm³/mol. The summed E-state index contributed by atoms with van der Waals surface area (Å²) in [6.45, 7) is 3.65. The molecule has 0 amide bonds. The Hall–Kier alpha value is -0.340. The molecule has 1 nitrogen and oxygen atoms in total. The molecule has 0 radical (unpaired) electrons. The fraction of sp³-hybridized carbons (Fsp3) is 0.400. The maximum atomic E-state index is 3.47. The molecule has 0 spiro atoms. The summed E-state index contributed by atoms with van der Waals surface area (Å²) in [7, 11) is 0. The van der Waals surface area contributed by atoms with E-state index in [4.69, 9.17) is 0 Å². The van der Waals surface area contributed by atoms with E-state index in [9.17, 15) is 0 Å². The van der Waals surface area contributed by atoms with Gasteiger partial charge in [-0.1, -0.05) is 28.1 Å². The number of halogens is 1. The van der Waals surface area contributed by atoms with Crippen LogP contribution >= 0.6 is 15.9 Å². The van der Waals surface area contributed by atoms with Gasteiger partial charge in [0.05, 0.1) is 0 Å². The lowest BCUT2D eigenvalue weighted by Gasteiger charge is -2.30. The van der Waals surface area contributed by atoms with Gasteiger partial charge in [0.15, 0.2) is 0 Å². The first-order chi connectivity index (χ1) is 5.84. The van der Waals surface area contributed by atoms with Crippen LogP contribution in [0.3, 0.4) is 0 Å². The molecule has 1 fully saturated rings. The van der Waals surface area contributed by atoms with Crippen LogP contribution in [0.2, 0.25) is 0 Å². The van der Waals surface area contributed by atoms with Crippen molar-refractivity contribution in [2.75, 3.05) is 13.1 Å². The monoisotopic (exact) mass is 225 g/mol. The van der Waals surface area contributed by atoms with Gasteiger partial charge in [-0.15, -0.1) is 0 Å². The van der Waals surface area contributed by atoms with E-state index < -0.39 is 0 Å². The van der Waals surface area contributed by atoms with Gasteiger partial charge >= 0.3 is 0 Å². The zero-order valence-corrected chi connectivity index (χ0v) is 8.55. The number of hydrogen-bond acceptors (Lipinski definition) is 1. The van der Waals surface area contributed by atoms with Gasteiger partial charge in [0, 0.05) is 11.0 Å². The second-order valence-electron chi connectivity index (χ2n) is 3.26. The van der Waals surface area contributed by atoms with Crippen LogP contribution < -0.4 is 0 Å². The average Bonchev–Trinajstić information content (AvgIpc) is 1.97. The Bertz CT molecular complexity index is 268. The highest BCUT2D eigenvalue weighted by molar-refractivity contribution is 9.10. The third kappa shape index (κ3) is 1.87. The Morgan fingerprint density at radius 3 is 2.75 bits per heavy atom. The van der Waals surface area contributed by atoms with Crippen molar-refractivity contribution in [1.82, 2.24) is 4.90 Å². The number of benzene rings is 1. The van der Waals surface area contributed by atoms with E-state index in [1.807, 2.05) is 0 Å². The van der Waals surface area contributed by atoms with Gasteiger partial charge in [0.1, 0.15) is 0 Å². The molecular formula is C10H12BrN. The van der Waals surface area contributed by atoms with Gasteiger partial charge in [0.25, 0.3) is 0 Å². The summed E-state index contributed by atoms with van der Waals surface area (Å²) in [5.74, 6) is 0. The Morgan fingerprint density at radius 2 is 2.17 bits per heavy atom. The fourth-order valence-corrected chi connectivity index (χ4v) is 1.88. The highest BCUT2D eigenvalue weighted by Gasteiger charge is 2.13. The van der Waals surface area contributed by atoms with E-state index in [2.05, 4.69) is 45.1 Å². The summed E-state index contributed by atoms with van der Waals surface area (Å²) >= 11 is 3.47. The van der Waals surface area contributed by atoms with E-state index in [0.29, 0.717) is 0 Å². The maximum Gasteiger partial charge on any atom is 0.0234 e. The summed E-state index contributed by atoms with van der Waals surface area (Å²) in [4.78, 5) is 2.46. The van der Waals surface area contributed by atoms with Crippen molar-refractivity contribution in [3.8, 4) is 0 Å². The van der Waals surface area contributed by atoms with Crippen molar-refractivity contribution in [3.05, 3.63) is 34.3 Å². The number of likely N-dealkylation sites (tertiary alicyclic amines) is 1. The third-order valence-electron chi connectivity index (χ3n) is 2.24. The summed E-state index contributed by atoms with van der Waals surface area (Å²) in [5, 5.41) is 0. The predicted octanol–water partition coefficient (Wildman–Crippen LogP) is 2.65. The van der Waals surface area contributed by atoms with Crippen molar-refractivity contribution in [2.45, 2.75) is 13.0 Å². The van der Waals surface area contributed by atoms with Crippen LogP contribution in [0.5, 0.6) is 0 Å². The van der Waals surface area contributed by atoms with Gasteiger partial charge in [-0.05, 0) is 37.2 Å².